The van der Waals surface area contributed by atoms with Gasteiger partial charge in [-0.05, 0) is 30.9 Å². The van der Waals surface area contributed by atoms with Crippen LogP contribution >= 0.6 is 11.7 Å². The zero-order chi connectivity index (χ0) is 14.5. The fourth-order valence-corrected chi connectivity index (χ4v) is 3.00. The Bertz CT molecular complexity index is 574. The van der Waals surface area contributed by atoms with Crippen molar-refractivity contribution >= 4 is 23.5 Å². The van der Waals surface area contributed by atoms with E-state index in [4.69, 9.17) is 0 Å². The van der Waals surface area contributed by atoms with Crippen LogP contribution in [0.4, 0.5) is 5.82 Å². The van der Waals surface area contributed by atoms with E-state index in [1.807, 2.05) is 6.07 Å². The van der Waals surface area contributed by atoms with E-state index in [0.717, 1.165) is 31.7 Å². The topological polar surface area (TPSA) is 71.0 Å². The summed E-state index contributed by atoms with van der Waals surface area (Å²) in [4.78, 5) is 18.3. The van der Waals surface area contributed by atoms with Gasteiger partial charge >= 0.3 is 0 Å². The molecule has 0 aliphatic carbocycles. The highest BCUT2D eigenvalue weighted by Crippen LogP contribution is 2.21. The maximum atomic E-state index is 12.0. The van der Waals surface area contributed by atoms with E-state index in [9.17, 15) is 4.79 Å². The van der Waals surface area contributed by atoms with Gasteiger partial charge in [-0.1, -0.05) is 6.07 Å². The van der Waals surface area contributed by atoms with Gasteiger partial charge in [0.15, 0.2) is 5.82 Å². The highest BCUT2D eigenvalue weighted by Gasteiger charge is 2.22. The summed E-state index contributed by atoms with van der Waals surface area (Å²) in [6, 6.07) is 5.35. The molecule has 1 saturated heterocycles. The summed E-state index contributed by atoms with van der Waals surface area (Å²) in [6.45, 7) is 2.59. The van der Waals surface area contributed by atoms with Crippen LogP contribution in [-0.4, -0.2) is 39.3 Å². The molecule has 1 fully saturated rings. The minimum Gasteiger partial charge on any atom is -0.354 e. The van der Waals surface area contributed by atoms with Crippen molar-refractivity contribution in [2.45, 2.75) is 12.8 Å². The second kappa shape index (κ2) is 6.62. The summed E-state index contributed by atoms with van der Waals surface area (Å²) >= 11 is 1.23. The highest BCUT2D eigenvalue weighted by atomic mass is 32.1. The van der Waals surface area contributed by atoms with Crippen LogP contribution in [0.25, 0.3) is 0 Å². The number of nitrogens with one attached hydrogen (secondary N) is 1. The molecule has 3 rings (SSSR count). The molecule has 110 valence electrons. The van der Waals surface area contributed by atoms with Crippen LogP contribution in [0.2, 0.25) is 0 Å². The van der Waals surface area contributed by atoms with Gasteiger partial charge < -0.3 is 10.2 Å². The van der Waals surface area contributed by atoms with Gasteiger partial charge in [0, 0.05) is 25.8 Å². The predicted octanol–water partition coefficient (Wildman–Crippen LogP) is 1.58. The molecule has 3 heterocycles. The summed E-state index contributed by atoms with van der Waals surface area (Å²) in [5, 5.41) is 2.97. The minimum atomic E-state index is -0.108. The summed E-state index contributed by atoms with van der Waals surface area (Å²) in [5.41, 5.74) is 0.467. The molecule has 2 aromatic heterocycles. The molecule has 7 heteroatoms. The summed E-state index contributed by atoms with van der Waals surface area (Å²) in [7, 11) is 0. The number of piperidine rings is 1. The van der Waals surface area contributed by atoms with Crippen LogP contribution in [0, 0.1) is 5.92 Å². The van der Waals surface area contributed by atoms with Gasteiger partial charge in [-0.25, -0.2) is 0 Å². The van der Waals surface area contributed by atoms with E-state index in [1.165, 1.54) is 11.7 Å². The Balaban J connectivity index is 1.52. The molecule has 0 spiro atoms. The zero-order valence-corrected chi connectivity index (χ0v) is 12.4. The Morgan fingerprint density at radius 1 is 1.48 bits per heavy atom. The monoisotopic (exact) mass is 303 g/mol. The van der Waals surface area contributed by atoms with Crippen molar-refractivity contribution in [3.05, 3.63) is 36.3 Å². The molecule has 0 bridgehead atoms. The van der Waals surface area contributed by atoms with Crippen LogP contribution < -0.4 is 10.2 Å². The third-order valence-electron chi connectivity index (χ3n) is 3.64. The Morgan fingerprint density at radius 3 is 3.19 bits per heavy atom. The Hall–Kier alpha value is -2.02. The van der Waals surface area contributed by atoms with Gasteiger partial charge in [0.2, 0.25) is 0 Å². The Morgan fingerprint density at radius 2 is 2.43 bits per heavy atom. The molecule has 0 saturated carbocycles. The zero-order valence-electron chi connectivity index (χ0n) is 11.6. The van der Waals surface area contributed by atoms with Crippen LogP contribution in [0.5, 0.6) is 0 Å². The standard InChI is InChI=1S/C14H17N5OS/c20-14(12-5-1-2-6-15-12)16-8-11-4-3-7-19(10-11)13-9-17-21-18-13/h1-2,5-6,9,11H,3-4,7-8,10H2,(H,16,20)/t11-/m1/s1. The van der Waals surface area contributed by atoms with Gasteiger partial charge in [-0.15, -0.1) is 0 Å². The average Bonchev–Trinajstić information content (AvgIpc) is 3.08. The smallest absolute Gasteiger partial charge is 0.269 e. The molecule has 1 aliphatic heterocycles. The van der Waals surface area contributed by atoms with Gasteiger partial charge in [0.1, 0.15) is 5.69 Å². The van der Waals surface area contributed by atoms with Crippen molar-refractivity contribution in [2.24, 2.45) is 5.92 Å². The van der Waals surface area contributed by atoms with Crippen LogP contribution in [0.1, 0.15) is 23.3 Å². The SMILES string of the molecule is O=C(NC[C@H]1CCCN(c2cnsn2)C1)c1ccccn1. The van der Waals surface area contributed by atoms with Crippen LogP contribution in [-0.2, 0) is 0 Å². The molecule has 1 aliphatic rings. The van der Waals surface area contributed by atoms with Crippen molar-refractivity contribution in [3.63, 3.8) is 0 Å². The van der Waals surface area contributed by atoms with Crippen LogP contribution in [0.3, 0.4) is 0 Å². The van der Waals surface area contributed by atoms with E-state index in [0.29, 0.717) is 18.2 Å². The van der Waals surface area contributed by atoms with E-state index in [2.05, 4.69) is 23.9 Å². The van der Waals surface area contributed by atoms with E-state index < -0.39 is 0 Å². The summed E-state index contributed by atoms with van der Waals surface area (Å²) in [6.07, 6.45) is 5.67. The molecular formula is C14H17N5OS. The molecule has 0 aromatic carbocycles. The molecule has 1 atom stereocenters. The van der Waals surface area contributed by atoms with E-state index in [-0.39, 0.29) is 5.91 Å². The van der Waals surface area contributed by atoms with Crippen molar-refractivity contribution in [1.82, 2.24) is 19.0 Å². The fourth-order valence-electron chi connectivity index (χ4n) is 2.56. The second-order valence-corrected chi connectivity index (χ2v) is 5.70. The normalized spacial score (nSPS) is 18.5. The molecular weight excluding hydrogens is 286 g/mol. The van der Waals surface area contributed by atoms with E-state index in [1.54, 1.807) is 24.5 Å². The molecule has 21 heavy (non-hydrogen) atoms. The predicted molar refractivity (Wildman–Crippen MR) is 81.4 cm³/mol. The first-order valence-electron chi connectivity index (χ1n) is 7.04. The number of amides is 1. The Kier molecular flexibility index (Phi) is 4.40. The molecule has 0 unspecified atom stereocenters. The molecule has 1 amide bonds. The average molecular weight is 303 g/mol. The lowest BCUT2D eigenvalue weighted by Gasteiger charge is -2.32. The van der Waals surface area contributed by atoms with Gasteiger partial charge in [0.05, 0.1) is 17.9 Å². The summed E-state index contributed by atoms with van der Waals surface area (Å²) in [5.74, 6) is 1.27. The lowest BCUT2D eigenvalue weighted by Crippen LogP contribution is -2.41. The number of carbonyl (C=O) groups is 1. The molecule has 1 N–H and O–H groups in total. The van der Waals surface area contributed by atoms with Crippen LogP contribution in [0.15, 0.2) is 30.6 Å². The number of pyridine rings is 1. The number of aromatic nitrogens is 3. The highest BCUT2D eigenvalue weighted by molar-refractivity contribution is 6.99. The lowest BCUT2D eigenvalue weighted by atomic mass is 9.98. The minimum absolute atomic E-state index is 0.108. The number of hydrogen-bond donors (Lipinski definition) is 1. The van der Waals surface area contributed by atoms with Crippen molar-refractivity contribution in [2.75, 3.05) is 24.5 Å². The van der Waals surface area contributed by atoms with Crippen molar-refractivity contribution in [1.29, 1.82) is 0 Å². The summed E-state index contributed by atoms with van der Waals surface area (Å²) < 4.78 is 8.32. The third-order valence-corrected chi connectivity index (χ3v) is 4.11. The third kappa shape index (κ3) is 3.55. The first-order valence-corrected chi connectivity index (χ1v) is 7.77. The molecule has 0 radical (unpaired) electrons. The number of hydrogen-bond acceptors (Lipinski definition) is 6. The number of rotatable bonds is 4. The fraction of sp³-hybridized carbons (Fsp3) is 0.429. The number of carbonyl (C=O) groups excluding carboxylic acids is 1. The Labute approximate surface area is 127 Å². The van der Waals surface area contributed by atoms with Gasteiger partial charge in [-0.3, -0.25) is 9.78 Å². The number of nitrogens with zero attached hydrogens (tertiary/aromatic N) is 4. The largest absolute Gasteiger partial charge is 0.354 e. The van der Waals surface area contributed by atoms with Crippen molar-refractivity contribution in [3.8, 4) is 0 Å². The van der Waals surface area contributed by atoms with Gasteiger partial charge in [0.25, 0.3) is 5.91 Å². The maximum Gasteiger partial charge on any atom is 0.269 e. The molecule has 6 nitrogen and oxygen atoms in total. The molecule has 2 aromatic rings. The first kappa shape index (κ1) is 13.9. The van der Waals surface area contributed by atoms with Gasteiger partial charge in [-0.2, -0.15) is 8.75 Å². The number of anilines is 1. The lowest BCUT2D eigenvalue weighted by molar-refractivity contribution is 0.0940. The maximum absolute atomic E-state index is 12.0. The second-order valence-electron chi connectivity index (χ2n) is 5.14. The van der Waals surface area contributed by atoms with Crippen molar-refractivity contribution < 1.29 is 4.79 Å². The van der Waals surface area contributed by atoms with E-state index >= 15 is 0 Å². The first-order chi connectivity index (χ1) is 10.3. The quantitative estimate of drug-likeness (QED) is 0.928.